The topological polar surface area (TPSA) is 40.5 Å². The van der Waals surface area contributed by atoms with Gasteiger partial charge in [-0.15, -0.1) is 0 Å². The average Bonchev–Trinajstić information content (AvgIpc) is 2.68. The van der Waals surface area contributed by atoms with E-state index in [9.17, 15) is 9.90 Å². The number of carbonyl (C=O) groups is 1. The van der Waals surface area contributed by atoms with E-state index in [1.807, 2.05) is 25.1 Å². The van der Waals surface area contributed by atoms with Gasteiger partial charge in [-0.2, -0.15) is 0 Å². The Balaban J connectivity index is 2.78. The highest BCUT2D eigenvalue weighted by Gasteiger charge is 2.26. The number of unbranched alkanes of at least 4 members (excludes halogenated alkanes) is 4. The van der Waals surface area contributed by atoms with E-state index in [-0.39, 0.29) is 5.78 Å². The normalized spacial score (nSPS) is 11.6. The van der Waals surface area contributed by atoms with Crippen molar-refractivity contribution in [3.05, 3.63) is 29.8 Å². The second kappa shape index (κ2) is 12.9. The van der Waals surface area contributed by atoms with Gasteiger partial charge >= 0.3 is 0 Å². The van der Waals surface area contributed by atoms with Crippen LogP contribution in [0.15, 0.2) is 24.3 Å². The fraction of sp³-hybridized carbons (Fsp3) is 0.708. The van der Waals surface area contributed by atoms with Crippen molar-refractivity contribution >= 4 is 11.5 Å². The highest BCUT2D eigenvalue weighted by Crippen LogP contribution is 2.28. The minimum Gasteiger partial charge on any atom is -0.390 e. The van der Waals surface area contributed by atoms with Crippen LogP contribution in [0.3, 0.4) is 0 Å². The van der Waals surface area contributed by atoms with Crippen molar-refractivity contribution in [3.63, 3.8) is 0 Å². The van der Waals surface area contributed by atoms with Crippen molar-refractivity contribution in [3.8, 4) is 0 Å². The Kier molecular flexibility index (Phi) is 11.3. The standard InChI is InChI=1S/C24H41NO2/c1-5-9-11-16-24(27,17-12-10-6-2)18-19-25(8-4)22-15-13-14-21(20-22)23(26)7-3/h13-15,20,27H,5-12,16-19H2,1-4H3. The monoisotopic (exact) mass is 375 g/mol. The lowest BCUT2D eigenvalue weighted by Gasteiger charge is -2.32. The minimum absolute atomic E-state index is 0.184. The van der Waals surface area contributed by atoms with Gasteiger partial charge in [-0.05, 0) is 38.3 Å². The van der Waals surface area contributed by atoms with Gasteiger partial charge in [-0.1, -0.05) is 71.4 Å². The lowest BCUT2D eigenvalue weighted by atomic mass is 9.87. The van der Waals surface area contributed by atoms with Crippen molar-refractivity contribution in [1.29, 1.82) is 0 Å². The largest absolute Gasteiger partial charge is 0.390 e. The Labute approximate surface area is 167 Å². The maximum atomic E-state index is 12.0. The molecule has 0 aliphatic carbocycles. The van der Waals surface area contributed by atoms with Crippen LogP contribution in [0.5, 0.6) is 0 Å². The first-order chi connectivity index (χ1) is 13.0. The molecule has 0 unspecified atom stereocenters. The molecule has 1 rings (SSSR count). The molecule has 0 saturated heterocycles. The molecule has 0 atom stereocenters. The van der Waals surface area contributed by atoms with Crippen LogP contribution in [0.1, 0.15) is 102 Å². The third kappa shape index (κ3) is 8.47. The second-order valence-electron chi connectivity index (χ2n) is 7.80. The molecular formula is C24H41NO2. The molecule has 27 heavy (non-hydrogen) atoms. The highest BCUT2D eigenvalue weighted by molar-refractivity contribution is 5.96. The Morgan fingerprint density at radius 2 is 1.59 bits per heavy atom. The number of carbonyl (C=O) groups excluding carboxylic acids is 1. The maximum Gasteiger partial charge on any atom is 0.162 e. The van der Waals surface area contributed by atoms with Gasteiger partial charge in [-0.25, -0.2) is 0 Å². The summed E-state index contributed by atoms with van der Waals surface area (Å²) in [6.45, 7) is 10.2. The predicted octanol–water partition coefficient (Wildman–Crippen LogP) is 6.39. The molecule has 1 aromatic rings. The van der Waals surface area contributed by atoms with Crippen molar-refractivity contribution < 1.29 is 9.90 Å². The van der Waals surface area contributed by atoms with Crippen LogP contribution >= 0.6 is 0 Å². The summed E-state index contributed by atoms with van der Waals surface area (Å²) in [4.78, 5) is 14.3. The fourth-order valence-corrected chi connectivity index (χ4v) is 3.68. The number of aliphatic hydroxyl groups is 1. The Bertz CT molecular complexity index is 531. The number of hydrogen-bond acceptors (Lipinski definition) is 3. The van der Waals surface area contributed by atoms with Crippen molar-refractivity contribution in [2.45, 2.75) is 97.5 Å². The van der Waals surface area contributed by atoms with Gasteiger partial charge in [0.1, 0.15) is 0 Å². The van der Waals surface area contributed by atoms with E-state index in [1.165, 1.54) is 25.7 Å². The maximum absolute atomic E-state index is 12.0. The predicted molar refractivity (Wildman–Crippen MR) is 117 cm³/mol. The molecule has 0 amide bonds. The van der Waals surface area contributed by atoms with E-state index < -0.39 is 5.60 Å². The molecule has 1 N–H and O–H groups in total. The molecule has 0 spiro atoms. The number of anilines is 1. The van der Waals surface area contributed by atoms with Crippen LogP contribution in [0.25, 0.3) is 0 Å². The van der Waals surface area contributed by atoms with Crippen molar-refractivity contribution in [1.82, 2.24) is 0 Å². The molecule has 0 saturated carbocycles. The third-order valence-electron chi connectivity index (χ3n) is 5.57. The second-order valence-corrected chi connectivity index (χ2v) is 7.80. The first-order valence-electron chi connectivity index (χ1n) is 11.1. The number of ketones is 1. The summed E-state index contributed by atoms with van der Waals surface area (Å²) >= 11 is 0. The molecule has 1 aromatic carbocycles. The number of rotatable bonds is 15. The smallest absolute Gasteiger partial charge is 0.162 e. The first-order valence-corrected chi connectivity index (χ1v) is 11.1. The summed E-state index contributed by atoms with van der Waals surface area (Å²) in [6, 6.07) is 7.94. The number of Topliss-reactive ketones (excluding diaryl/α,β-unsaturated/α-hetero) is 1. The molecule has 3 heteroatoms. The van der Waals surface area contributed by atoms with E-state index in [1.54, 1.807) is 0 Å². The van der Waals surface area contributed by atoms with E-state index in [0.29, 0.717) is 6.42 Å². The molecule has 0 aliphatic rings. The summed E-state index contributed by atoms with van der Waals surface area (Å²) in [5.41, 5.74) is 1.31. The summed E-state index contributed by atoms with van der Waals surface area (Å²) in [6.07, 6.45) is 10.1. The molecule has 154 valence electrons. The van der Waals surface area contributed by atoms with Crippen LogP contribution in [0.4, 0.5) is 5.69 Å². The SMILES string of the molecule is CCCCCC(O)(CCCCC)CCN(CC)c1cccc(C(=O)CC)c1. The quantitative estimate of drug-likeness (QED) is 0.285. The molecule has 0 radical (unpaired) electrons. The van der Waals surface area contributed by atoms with Gasteiger partial charge in [0.25, 0.3) is 0 Å². The van der Waals surface area contributed by atoms with E-state index in [4.69, 9.17) is 0 Å². The van der Waals surface area contributed by atoms with Crippen LogP contribution in [-0.4, -0.2) is 29.6 Å². The van der Waals surface area contributed by atoms with Gasteiger partial charge in [-0.3, -0.25) is 4.79 Å². The lowest BCUT2D eigenvalue weighted by Crippen LogP contribution is -2.35. The summed E-state index contributed by atoms with van der Waals surface area (Å²) in [7, 11) is 0. The Morgan fingerprint density at radius 1 is 0.963 bits per heavy atom. The van der Waals surface area contributed by atoms with E-state index in [0.717, 1.165) is 56.4 Å². The zero-order valence-corrected chi connectivity index (χ0v) is 18.1. The van der Waals surface area contributed by atoms with Gasteiger partial charge in [0, 0.05) is 30.8 Å². The summed E-state index contributed by atoms with van der Waals surface area (Å²) in [5.74, 6) is 0.184. The van der Waals surface area contributed by atoms with Crippen LogP contribution in [-0.2, 0) is 0 Å². The summed E-state index contributed by atoms with van der Waals surface area (Å²) < 4.78 is 0. The average molecular weight is 376 g/mol. The highest BCUT2D eigenvalue weighted by atomic mass is 16.3. The Morgan fingerprint density at radius 3 is 2.11 bits per heavy atom. The zero-order chi connectivity index (χ0) is 20.1. The molecular weight excluding hydrogens is 334 g/mol. The van der Waals surface area contributed by atoms with Crippen LogP contribution in [0.2, 0.25) is 0 Å². The van der Waals surface area contributed by atoms with Gasteiger partial charge < -0.3 is 10.0 Å². The Hall–Kier alpha value is -1.35. The number of nitrogens with zero attached hydrogens (tertiary/aromatic N) is 1. The van der Waals surface area contributed by atoms with Gasteiger partial charge in [0.15, 0.2) is 5.78 Å². The number of benzene rings is 1. The number of hydrogen-bond donors (Lipinski definition) is 1. The third-order valence-corrected chi connectivity index (χ3v) is 5.57. The van der Waals surface area contributed by atoms with Crippen molar-refractivity contribution in [2.24, 2.45) is 0 Å². The molecule has 0 fully saturated rings. The lowest BCUT2D eigenvalue weighted by molar-refractivity contribution is 0.0115. The van der Waals surface area contributed by atoms with Crippen LogP contribution < -0.4 is 4.90 Å². The minimum atomic E-state index is -0.561. The van der Waals surface area contributed by atoms with Crippen molar-refractivity contribution in [2.75, 3.05) is 18.0 Å². The first kappa shape index (κ1) is 23.7. The van der Waals surface area contributed by atoms with Crippen LogP contribution in [0, 0.1) is 0 Å². The molecule has 0 bridgehead atoms. The van der Waals surface area contributed by atoms with E-state index >= 15 is 0 Å². The van der Waals surface area contributed by atoms with Gasteiger partial charge in [0.05, 0.1) is 5.60 Å². The molecule has 0 aromatic heterocycles. The fourth-order valence-electron chi connectivity index (χ4n) is 3.68. The summed E-state index contributed by atoms with van der Waals surface area (Å²) in [5, 5.41) is 11.3. The van der Waals surface area contributed by atoms with Gasteiger partial charge in [0.2, 0.25) is 0 Å². The molecule has 0 heterocycles. The molecule has 0 aliphatic heterocycles. The van der Waals surface area contributed by atoms with E-state index in [2.05, 4.69) is 31.7 Å². The zero-order valence-electron chi connectivity index (χ0n) is 18.1. The molecule has 3 nitrogen and oxygen atoms in total.